The third-order valence-corrected chi connectivity index (χ3v) is 2.91. The number of esters is 1. The Morgan fingerprint density at radius 3 is 2.85 bits per heavy atom. The number of aliphatic imine (C=N–C) groups is 1. The molecule has 0 spiro atoms. The fourth-order valence-electron chi connectivity index (χ4n) is 1.78. The number of carbonyl (C=O) groups excluding carboxylic acids is 1. The van der Waals surface area contributed by atoms with Crippen molar-refractivity contribution in [3.05, 3.63) is 46.4 Å². The summed E-state index contributed by atoms with van der Waals surface area (Å²) in [6, 6.07) is 2.47. The molecule has 0 fully saturated rings. The highest BCUT2D eigenvalue weighted by Crippen LogP contribution is 2.27. The minimum Gasteiger partial charge on any atom is -0.459 e. The van der Waals surface area contributed by atoms with Crippen LogP contribution in [0.4, 0.5) is 4.39 Å². The lowest BCUT2D eigenvalue weighted by atomic mass is 10.0. The van der Waals surface area contributed by atoms with E-state index in [0.717, 1.165) is 0 Å². The largest absolute Gasteiger partial charge is 0.459 e. The van der Waals surface area contributed by atoms with Crippen molar-refractivity contribution in [2.75, 3.05) is 0 Å². The minimum atomic E-state index is -0.602. The first-order chi connectivity index (χ1) is 9.49. The van der Waals surface area contributed by atoms with Crippen molar-refractivity contribution < 1.29 is 13.9 Å². The fourth-order valence-corrected chi connectivity index (χ4v) is 1.95. The number of hydrogen-bond donors (Lipinski definition) is 1. The molecular formula is C14H14ClFN2O2. The molecule has 4 nitrogen and oxygen atoms in total. The molecular weight excluding hydrogens is 283 g/mol. The maximum Gasteiger partial charge on any atom is 0.338 e. The zero-order chi connectivity index (χ0) is 14.7. The number of rotatable bonds is 3. The lowest BCUT2D eigenvalue weighted by Crippen LogP contribution is -2.21. The summed E-state index contributed by atoms with van der Waals surface area (Å²) in [6.07, 6.45) is 4.13. The van der Waals surface area contributed by atoms with Crippen LogP contribution in [0, 0.1) is 5.82 Å². The van der Waals surface area contributed by atoms with Crippen LogP contribution in [-0.4, -0.2) is 18.3 Å². The molecule has 0 bridgehead atoms. The first-order valence-electron chi connectivity index (χ1n) is 6.13. The van der Waals surface area contributed by atoms with Gasteiger partial charge in [-0.25, -0.2) is 9.18 Å². The molecule has 20 heavy (non-hydrogen) atoms. The molecule has 1 aromatic rings. The molecule has 0 amide bonds. The molecule has 1 heterocycles. The van der Waals surface area contributed by atoms with Gasteiger partial charge in [-0.05, 0) is 38.3 Å². The van der Waals surface area contributed by atoms with Crippen molar-refractivity contribution >= 4 is 23.8 Å². The fraction of sp³-hybridized carbons (Fsp3) is 0.286. The van der Waals surface area contributed by atoms with E-state index in [4.69, 9.17) is 16.3 Å². The van der Waals surface area contributed by atoms with Crippen LogP contribution in [0.15, 0.2) is 29.4 Å². The van der Waals surface area contributed by atoms with Gasteiger partial charge in [-0.3, -0.25) is 4.99 Å². The van der Waals surface area contributed by atoms with E-state index in [1.165, 1.54) is 12.1 Å². The van der Waals surface area contributed by atoms with Gasteiger partial charge in [0.25, 0.3) is 0 Å². The molecule has 1 aromatic carbocycles. The lowest BCUT2D eigenvalue weighted by Gasteiger charge is -2.19. The van der Waals surface area contributed by atoms with Crippen molar-refractivity contribution in [2.45, 2.75) is 26.1 Å². The molecule has 1 aliphatic heterocycles. The molecule has 2 rings (SSSR count). The highest BCUT2D eigenvalue weighted by Gasteiger charge is 2.22. The summed E-state index contributed by atoms with van der Waals surface area (Å²) >= 11 is 5.75. The highest BCUT2D eigenvalue weighted by molar-refractivity contribution is 6.31. The topological polar surface area (TPSA) is 50.7 Å². The predicted octanol–water partition coefficient (Wildman–Crippen LogP) is 3.23. The Morgan fingerprint density at radius 1 is 1.50 bits per heavy atom. The van der Waals surface area contributed by atoms with Crippen LogP contribution in [-0.2, 0) is 4.74 Å². The number of nitrogens with zero attached hydrogens (tertiary/aromatic N) is 1. The standard InChI is InChI=1S/C14H14ClFN2O2/c1-8(2)20-14(19)10-6-11(15)12(16)7-9(10)13-17-4-3-5-18-13/h3-8,13,17H,1-2H3. The molecule has 0 saturated carbocycles. The SMILES string of the molecule is CC(C)OC(=O)c1cc(Cl)c(F)cc1C1N=CC=CN1. The van der Waals surface area contributed by atoms with E-state index in [-0.39, 0.29) is 16.7 Å². The number of benzene rings is 1. The summed E-state index contributed by atoms with van der Waals surface area (Å²) in [5.74, 6) is -1.15. The Balaban J connectivity index is 2.43. The smallest absolute Gasteiger partial charge is 0.338 e. The van der Waals surface area contributed by atoms with Gasteiger partial charge in [-0.15, -0.1) is 0 Å². The summed E-state index contributed by atoms with van der Waals surface area (Å²) in [4.78, 5) is 16.2. The third-order valence-electron chi connectivity index (χ3n) is 2.62. The summed E-state index contributed by atoms with van der Waals surface area (Å²) in [5.41, 5.74) is 0.591. The molecule has 1 atom stereocenters. The number of halogens is 2. The average molecular weight is 297 g/mol. The Kier molecular flexibility index (Phi) is 4.39. The number of ether oxygens (including phenoxy) is 1. The van der Waals surface area contributed by atoms with Gasteiger partial charge in [0.15, 0.2) is 0 Å². The van der Waals surface area contributed by atoms with Crippen molar-refractivity contribution in [1.29, 1.82) is 0 Å². The number of carbonyl (C=O) groups is 1. The van der Waals surface area contributed by atoms with Crippen LogP contribution in [0.25, 0.3) is 0 Å². The second-order valence-corrected chi connectivity index (χ2v) is 4.94. The first kappa shape index (κ1) is 14.5. The van der Waals surface area contributed by atoms with E-state index in [2.05, 4.69) is 10.3 Å². The van der Waals surface area contributed by atoms with Crippen molar-refractivity contribution in [3.63, 3.8) is 0 Å². The van der Waals surface area contributed by atoms with E-state index < -0.39 is 18.0 Å². The molecule has 0 radical (unpaired) electrons. The van der Waals surface area contributed by atoms with Gasteiger partial charge in [0.1, 0.15) is 12.0 Å². The first-order valence-corrected chi connectivity index (χ1v) is 6.51. The normalized spacial score (nSPS) is 17.1. The van der Waals surface area contributed by atoms with Crippen LogP contribution in [0.1, 0.15) is 35.9 Å². The molecule has 1 aliphatic rings. The van der Waals surface area contributed by atoms with E-state index >= 15 is 0 Å². The maximum absolute atomic E-state index is 13.7. The average Bonchev–Trinajstić information content (AvgIpc) is 2.41. The van der Waals surface area contributed by atoms with Gasteiger partial charge < -0.3 is 10.1 Å². The van der Waals surface area contributed by atoms with E-state index in [1.807, 2.05) is 0 Å². The maximum atomic E-state index is 13.7. The number of allylic oxidation sites excluding steroid dienone is 1. The van der Waals surface area contributed by atoms with Crippen molar-refractivity contribution in [2.24, 2.45) is 4.99 Å². The van der Waals surface area contributed by atoms with Gasteiger partial charge in [-0.2, -0.15) is 0 Å². The van der Waals surface area contributed by atoms with E-state index in [0.29, 0.717) is 5.56 Å². The predicted molar refractivity (Wildman–Crippen MR) is 75.5 cm³/mol. The lowest BCUT2D eigenvalue weighted by molar-refractivity contribution is 0.0376. The Bertz CT molecular complexity index is 585. The second-order valence-electron chi connectivity index (χ2n) is 4.53. The quantitative estimate of drug-likeness (QED) is 0.871. The van der Waals surface area contributed by atoms with Crippen molar-refractivity contribution in [3.8, 4) is 0 Å². The second kappa shape index (κ2) is 6.05. The van der Waals surface area contributed by atoms with Crippen LogP contribution >= 0.6 is 11.6 Å². The zero-order valence-corrected chi connectivity index (χ0v) is 11.8. The Hall–Kier alpha value is -1.88. The van der Waals surface area contributed by atoms with Crippen molar-refractivity contribution in [1.82, 2.24) is 5.32 Å². The van der Waals surface area contributed by atoms with Gasteiger partial charge >= 0.3 is 5.97 Å². The minimum absolute atomic E-state index is 0.125. The Morgan fingerprint density at radius 2 is 2.25 bits per heavy atom. The molecule has 0 aromatic heterocycles. The van der Waals surface area contributed by atoms with Crippen LogP contribution in [0.5, 0.6) is 0 Å². The molecule has 106 valence electrons. The van der Waals surface area contributed by atoms with E-state index in [1.54, 1.807) is 32.3 Å². The highest BCUT2D eigenvalue weighted by atomic mass is 35.5. The molecule has 0 saturated heterocycles. The van der Waals surface area contributed by atoms with Gasteiger partial charge in [0.2, 0.25) is 0 Å². The molecule has 1 N–H and O–H groups in total. The summed E-state index contributed by atoms with van der Waals surface area (Å²) in [7, 11) is 0. The zero-order valence-electron chi connectivity index (χ0n) is 11.1. The third kappa shape index (κ3) is 3.17. The van der Waals surface area contributed by atoms with Gasteiger partial charge in [0, 0.05) is 11.8 Å². The summed E-state index contributed by atoms with van der Waals surface area (Å²) < 4.78 is 18.8. The molecule has 1 unspecified atom stereocenters. The van der Waals surface area contributed by atoms with Gasteiger partial charge in [-0.1, -0.05) is 11.6 Å². The summed E-state index contributed by atoms with van der Waals surface area (Å²) in [6.45, 7) is 3.48. The Labute approximate surface area is 121 Å². The summed E-state index contributed by atoms with van der Waals surface area (Å²) in [5, 5.41) is 2.81. The molecule has 6 heteroatoms. The number of hydrogen-bond acceptors (Lipinski definition) is 4. The van der Waals surface area contributed by atoms with Crippen LogP contribution < -0.4 is 5.32 Å². The van der Waals surface area contributed by atoms with Crippen LogP contribution in [0.2, 0.25) is 5.02 Å². The van der Waals surface area contributed by atoms with E-state index in [9.17, 15) is 9.18 Å². The molecule has 0 aliphatic carbocycles. The number of nitrogens with one attached hydrogen (secondary N) is 1. The van der Waals surface area contributed by atoms with Crippen LogP contribution in [0.3, 0.4) is 0 Å². The van der Waals surface area contributed by atoms with Gasteiger partial charge in [0.05, 0.1) is 16.7 Å². The monoisotopic (exact) mass is 296 g/mol.